The summed E-state index contributed by atoms with van der Waals surface area (Å²) < 4.78 is 6.01. The quantitative estimate of drug-likeness (QED) is 0.226. The highest BCUT2D eigenvalue weighted by molar-refractivity contribution is 5.38. The maximum atomic E-state index is 11.2. The first-order valence-corrected chi connectivity index (χ1v) is 15.8. The van der Waals surface area contributed by atoms with Crippen LogP contribution in [0.25, 0.3) is 0 Å². The molecule has 0 bridgehead atoms. The number of aliphatic hydroxyl groups excluding tert-OH is 3. The van der Waals surface area contributed by atoms with Crippen LogP contribution in [0.4, 0.5) is 0 Å². The third kappa shape index (κ3) is 5.82. The van der Waals surface area contributed by atoms with Gasteiger partial charge in [0.05, 0.1) is 23.7 Å². The molecule has 6 heteroatoms. The topological polar surface area (TPSA) is 99.6 Å². The summed E-state index contributed by atoms with van der Waals surface area (Å²) in [5, 5.41) is 40.2. The standard InChI is InChI=1S/C34H50N2O4/c1-5-6-7-10-31-35-36-32(40-31)34(18-19-34)30(39)16-11-22(2)27-14-15-28-24(9-8-17-33(27,28)4)12-13-25-20-26(37)21-29(38)23(25)3/h11-13,16,22,26-30,37-39H,3,5-10,14-15,17-21H2,1-2,4H3/b16-11+,24-12+,25-13-/t22-,26-,27-,28+,29+,30+,33-/m1/s1. The van der Waals surface area contributed by atoms with Crippen LogP contribution in [0.2, 0.25) is 0 Å². The van der Waals surface area contributed by atoms with Gasteiger partial charge in [0.25, 0.3) is 0 Å². The number of hydrogen-bond donors (Lipinski definition) is 3. The second-order valence-corrected chi connectivity index (χ2v) is 13.5. The van der Waals surface area contributed by atoms with Crippen LogP contribution in [0.3, 0.4) is 0 Å². The molecule has 7 atom stereocenters. The number of unbranched alkanes of at least 4 members (excludes halogenated alkanes) is 2. The van der Waals surface area contributed by atoms with Gasteiger partial charge in [0.1, 0.15) is 0 Å². The fourth-order valence-corrected chi connectivity index (χ4v) is 8.06. The van der Waals surface area contributed by atoms with Gasteiger partial charge in [-0.2, -0.15) is 0 Å². The number of nitrogens with zero attached hydrogens (tertiary/aromatic N) is 2. The van der Waals surface area contributed by atoms with Crippen molar-refractivity contribution >= 4 is 0 Å². The third-order valence-electron chi connectivity index (χ3n) is 10.8. The molecular formula is C34H50N2O4. The van der Waals surface area contributed by atoms with E-state index in [0.29, 0.717) is 42.4 Å². The molecule has 40 heavy (non-hydrogen) atoms. The molecule has 4 aliphatic carbocycles. The fraction of sp³-hybridized carbons (Fsp3) is 0.706. The molecule has 4 aliphatic rings. The van der Waals surface area contributed by atoms with E-state index in [1.54, 1.807) is 0 Å². The molecule has 1 aromatic heterocycles. The van der Waals surface area contributed by atoms with Crippen molar-refractivity contribution in [3.8, 4) is 0 Å². The van der Waals surface area contributed by atoms with Crippen molar-refractivity contribution in [2.24, 2.45) is 23.2 Å². The van der Waals surface area contributed by atoms with E-state index in [1.807, 2.05) is 6.08 Å². The number of hydrogen-bond acceptors (Lipinski definition) is 6. The molecule has 6 nitrogen and oxygen atoms in total. The number of aliphatic hydroxyl groups is 3. The Balaban J connectivity index is 1.24. The fourth-order valence-electron chi connectivity index (χ4n) is 8.06. The van der Waals surface area contributed by atoms with Gasteiger partial charge in [0, 0.05) is 12.8 Å². The summed E-state index contributed by atoms with van der Waals surface area (Å²) >= 11 is 0. The molecule has 0 amide bonds. The minimum atomic E-state index is -0.647. The predicted octanol–water partition coefficient (Wildman–Crippen LogP) is 6.53. The van der Waals surface area contributed by atoms with Crippen molar-refractivity contribution < 1.29 is 19.7 Å². The zero-order chi connectivity index (χ0) is 28.5. The summed E-state index contributed by atoms with van der Waals surface area (Å²) in [5.41, 5.74) is 3.06. The van der Waals surface area contributed by atoms with Gasteiger partial charge in [-0.05, 0) is 92.1 Å². The summed E-state index contributed by atoms with van der Waals surface area (Å²) in [6, 6.07) is 0. The van der Waals surface area contributed by atoms with Crippen LogP contribution in [-0.4, -0.2) is 43.8 Å². The first-order chi connectivity index (χ1) is 19.2. The van der Waals surface area contributed by atoms with E-state index >= 15 is 0 Å². The summed E-state index contributed by atoms with van der Waals surface area (Å²) in [6.07, 6.45) is 19.7. The van der Waals surface area contributed by atoms with Crippen molar-refractivity contribution in [3.63, 3.8) is 0 Å². The minimum absolute atomic E-state index is 0.233. The van der Waals surface area contributed by atoms with Gasteiger partial charge < -0.3 is 19.7 Å². The summed E-state index contributed by atoms with van der Waals surface area (Å²) in [6.45, 7) is 11.1. The second kappa shape index (κ2) is 12.1. The van der Waals surface area contributed by atoms with E-state index in [-0.39, 0.29) is 5.41 Å². The Kier molecular flexibility index (Phi) is 8.89. The normalized spacial score (nSPS) is 35.4. The first-order valence-electron chi connectivity index (χ1n) is 15.8. The summed E-state index contributed by atoms with van der Waals surface area (Å²) in [5.74, 6) is 2.78. The van der Waals surface area contributed by atoms with Crippen LogP contribution >= 0.6 is 0 Å². The number of aromatic nitrogens is 2. The smallest absolute Gasteiger partial charge is 0.225 e. The van der Waals surface area contributed by atoms with Crippen molar-refractivity contribution in [2.75, 3.05) is 0 Å². The first kappa shape index (κ1) is 29.5. The number of rotatable bonds is 10. The van der Waals surface area contributed by atoms with Crippen LogP contribution < -0.4 is 0 Å². The third-order valence-corrected chi connectivity index (χ3v) is 10.8. The average Bonchev–Trinajstić information content (AvgIpc) is 3.46. The zero-order valence-corrected chi connectivity index (χ0v) is 24.8. The van der Waals surface area contributed by atoms with Gasteiger partial charge in [-0.3, -0.25) is 0 Å². The van der Waals surface area contributed by atoms with E-state index < -0.39 is 23.7 Å². The molecule has 0 radical (unpaired) electrons. The lowest BCUT2D eigenvalue weighted by Gasteiger charge is -2.44. The minimum Gasteiger partial charge on any atom is -0.425 e. The van der Waals surface area contributed by atoms with Gasteiger partial charge in [-0.1, -0.05) is 70.1 Å². The molecule has 1 heterocycles. The molecule has 0 unspecified atom stereocenters. The molecule has 220 valence electrons. The van der Waals surface area contributed by atoms with Crippen LogP contribution in [0.1, 0.15) is 110 Å². The Morgan fingerprint density at radius 2 is 1.90 bits per heavy atom. The monoisotopic (exact) mass is 550 g/mol. The molecule has 5 rings (SSSR count). The number of aryl methyl sites for hydroxylation is 1. The van der Waals surface area contributed by atoms with Crippen LogP contribution in [-0.2, 0) is 11.8 Å². The molecule has 0 spiro atoms. The Bertz CT molecular complexity index is 1140. The van der Waals surface area contributed by atoms with Crippen molar-refractivity contribution in [1.82, 2.24) is 10.2 Å². The molecule has 4 fully saturated rings. The molecule has 3 N–H and O–H groups in total. The Labute approximate surface area is 240 Å². The molecule has 0 saturated heterocycles. The lowest BCUT2D eigenvalue weighted by molar-refractivity contribution is 0.0862. The average molecular weight is 551 g/mol. The maximum absolute atomic E-state index is 11.2. The highest BCUT2D eigenvalue weighted by atomic mass is 16.4. The summed E-state index contributed by atoms with van der Waals surface area (Å²) in [7, 11) is 0. The lowest BCUT2D eigenvalue weighted by atomic mass is 9.61. The number of fused-ring (bicyclic) bond motifs is 1. The number of allylic oxidation sites excluding steroid dienone is 4. The van der Waals surface area contributed by atoms with Crippen molar-refractivity contribution in [1.29, 1.82) is 0 Å². The van der Waals surface area contributed by atoms with E-state index in [4.69, 9.17) is 4.42 Å². The van der Waals surface area contributed by atoms with E-state index in [1.165, 1.54) is 31.3 Å². The zero-order valence-electron chi connectivity index (χ0n) is 24.8. The SMILES string of the molecule is C=C1/C(=C\C=C2/CCC[C@]3(C)[C@@H]([C@H](C)/C=C/[C@H](O)C4(c5nnc(CCCCC)o5)CC4)CC[C@@H]23)C[C@@H](O)C[C@@H]1O. The Morgan fingerprint density at radius 1 is 1.10 bits per heavy atom. The lowest BCUT2D eigenvalue weighted by Crippen LogP contribution is -2.35. The second-order valence-electron chi connectivity index (χ2n) is 13.5. The largest absolute Gasteiger partial charge is 0.425 e. The van der Waals surface area contributed by atoms with Crippen LogP contribution in [0, 0.1) is 23.2 Å². The van der Waals surface area contributed by atoms with Crippen LogP contribution in [0.15, 0.2) is 52.0 Å². The maximum Gasteiger partial charge on any atom is 0.225 e. The van der Waals surface area contributed by atoms with E-state index in [0.717, 1.165) is 56.1 Å². The predicted molar refractivity (Wildman–Crippen MR) is 157 cm³/mol. The van der Waals surface area contributed by atoms with E-state index in [2.05, 4.69) is 55.8 Å². The highest BCUT2D eigenvalue weighted by Gasteiger charge is 2.54. The van der Waals surface area contributed by atoms with Crippen LogP contribution in [0.5, 0.6) is 0 Å². The molecule has 1 aromatic rings. The van der Waals surface area contributed by atoms with Crippen molar-refractivity contribution in [2.45, 2.75) is 128 Å². The van der Waals surface area contributed by atoms with E-state index in [9.17, 15) is 15.3 Å². The van der Waals surface area contributed by atoms with Gasteiger partial charge in [-0.25, -0.2) is 0 Å². The van der Waals surface area contributed by atoms with Gasteiger partial charge in [0.15, 0.2) is 0 Å². The molecule has 0 aliphatic heterocycles. The summed E-state index contributed by atoms with van der Waals surface area (Å²) in [4.78, 5) is 0. The molecule has 4 saturated carbocycles. The van der Waals surface area contributed by atoms with Crippen molar-refractivity contribution in [3.05, 3.63) is 59.4 Å². The molecular weight excluding hydrogens is 500 g/mol. The Morgan fingerprint density at radius 3 is 2.65 bits per heavy atom. The molecule has 0 aromatic carbocycles. The van der Waals surface area contributed by atoms with Gasteiger partial charge in [0.2, 0.25) is 11.8 Å². The Hall–Kier alpha value is -2.02. The highest BCUT2D eigenvalue weighted by Crippen LogP contribution is 2.60. The van der Waals surface area contributed by atoms with Gasteiger partial charge >= 0.3 is 0 Å². The van der Waals surface area contributed by atoms with Gasteiger partial charge in [-0.15, -0.1) is 10.2 Å².